The van der Waals surface area contributed by atoms with E-state index in [-0.39, 0.29) is 5.41 Å². The molecular formula is C16H28N4O. The van der Waals surface area contributed by atoms with Gasteiger partial charge < -0.3 is 15.4 Å². The Balaban J connectivity index is 2.16. The molecular weight excluding hydrogens is 264 g/mol. The maximum atomic E-state index is 5.46. The van der Waals surface area contributed by atoms with Crippen LogP contribution in [0.25, 0.3) is 0 Å². The molecule has 1 fully saturated rings. The molecule has 2 heterocycles. The van der Waals surface area contributed by atoms with Crippen molar-refractivity contribution in [1.82, 2.24) is 9.97 Å². The molecule has 5 nitrogen and oxygen atoms in total. The number of nitrogens with zero attached hydrogens (tertiary/aromatic N) is 2. The van der Waals surface area contributed by atoms with Crippen LogP contribution in [0.1, 0.15) is 50.9 Å². The maximum absolute atomic E-state index is 5.46. The Morgan fingerprint density at radius 3 is 2.38 bits per heavy atom. The first kappa shape index (κ1) is 16.0. The van der Waals surface area contributed by atoms with E-state index >= 15 is 0 Å². The highest BCUT2D eigenvalue weighted by Gasteiger charge is 2.27. The number of rotatable bonds is 5. The van der Waals surface area contributed by atoms with Gasteiger partial charge in [-0.25, -0.2) is 9.97 Å². The Kier molecular flexibility index (Phi) is 5.04. The van der Waals surface area contributed by atoms with E-state index in [2.05, 4.69) is 43.3 Å². The van der Waals surface area contributed by atoms with Crippen molar-refractivity contribution in [2.24, 2.45) is 5.41 Å². The largest absolute Gasteiger partial charge is 0.381 e. The molecule has 0 atom stereocenters. The third-order valence-electron chi connectivity index (χ3n) is 4.30. The molecule has 0 aromatic carbocycles. The standard InChI is InChI=1S/C16H28N4O/c1-11(2)13-19-14(17-5)12(3)15(20-13)18-10-16(4)6-8-21-9-7-16/h11H,6-10H2,1-5H3,(H2,17,18,19,20). The van der Waals surface area contributed by atoms with E-state index in [0.717, 1.165) is 55.6 Å². The van der Waals surface area contributed by atoms with Crippen molar-refractivity contribution in [2.45, 2.75) is 46.5 Å². The number of ether oxygens (including phenoxy) is 1. The first-order valence-electron chi connectivity index (χ1n) is 7.83. The number of hydrogen-bond donors (Lipinski definition) is 2. The second-order valence-electron chi connectivity index (χ2n) is 6.59. The Morgan fingerprint density at radius 1 is 1.19 bits per heavy atom. The van der Waals surface area contributed by atoms with Gasteiger partial charge in [-0.15, -0.1) is 0 Å². The number of hydrogen-bond acceptors (Lipinski definition) is 5. The monoisotopic (exact) mass is 292 g/mol. The lowest BCUT2D eigenvalue weighted by molar-refractivity contribution is 0.0299. The van der Waals surface area contributed by atoms with Gasteiger partial charge in [0.15, 0.2) is 0 Å². The molecule has 0 bridgehead atoms. The number of anilines is 2. The van der Waals surface area contributed by atoms with Gasteiger partial charge in [-0.1, -0.05) is 20.8 Å². The van der Waals surface area contributed by atoms with E-state index in [1.165, 1.54) is 0 Å². The molecule has 1 aliphatic heterocycles. The van der Waals surface area contributed by atoms with E-state index < -0.39 is 0 Å². The summed E-state index contributed by atoms with van der Waals surface area (Å²) in [5.41, 5.74) is 1.37. The van der Waals surface area contributed by atoms with E-state index in [1.807, 2.05) is 7.05 Å². The van der Waals surface area contributed by atoms with Crippen LogP contribution in [0.4, 0.5) is 11.6 Å². The summed E-state index contributed by atoms with van der Waals surface area (Å²) >= 11 is 0. The molecule has 1 aromatic rings. The summed E-state index contributed by atoms with van der Waals surface area (Å²) in [6, 6.07) is 0. The van der Waals surface area contributed by atoms with Crippen LogP contribution < -0.4 is 10.6 Å². The fourth-order valence-corrected chi connectivity index (χ4v) is 2.55. The summed E-state index contributed by atoms with van der Waals surface area (Å²) in [7, 11) is 1.91. The van der Waals surface area contributed by atoms with Crippen LogP contribution in [-0.2, 0) is 4.74 Å². The van der Waals surface area contributed by atoms with Crippen molar-refractivity contribution < 1.29 is 4.74 Å². The predicted molar refractivity (Wildman–Crippen MR) is 87.1 cm³/mol. The van der Waals surface area contributed by atoms with E-state index in [4.69, 9.17) is 9.72 Å². The summed E-state index contributed by atoms with van der Waals surface area (Å²) in [5, 5.41) is 6.71. The van der Waals surface area contributed by atoms with Crippen molar-refractivity contribution in [3.8, 4) is 0 Å². The summed E-state index contributed by atoms with van der Waals surface area (Å²) < 4.78 is 5.46. The van der Waals surface area contributed by atoms with Gasteiger partial charge in [-0.3, -0.25) is 0 Å². The maximum Gasteiger partial charge on any atom is 0.135 e. The van der Waals surface area contributed by atoms with Crippen LogP contribution in [0, 0.1) is 12.3 Å². The van der Waals surface area contributed by atoms with Gasteiger partial charge in [0.2, 0.25) is 0 Å². The minimum absolute atomic E-state index is 0.285. The van der Waals surface area contributed by atoms with E-state index in [9.17, 15) is 0 Å². The lowest BCUT2D eigenvalue weighted by Gasteiger charge is -2.34. The zero-order valence-electron chi connectivity index (χ0n) is 13.9. The molecule has 0 radical (unpaired) electrons. The lowest BCUT2D eigenvalue weighted by Crippen LogP contribution is -2.33. The van der Waals surface area contributed by atoms with Crippen LogP contribution in [0.15, 0.2) is 0 Å². The number of aromatic nitrogens is 2. The Labute approximate surface area is 127 Å². The van der Waals surface area contributed by atoms with E-state index in [1.54, 1.807) is 0 Å². The summed E-state index contributed by atoms with van der Waals surface area (Å²) in [4.78, 5) is 9.28. The van der Waals surface area contributed by atoms with Crippen molar-refractivity contribution in [2.75, 3.05) is 37.4 Å². The van der Waals surface area contributed by atoms with Gasteiger partial charge in [0.05, 0.1) is 0 Å². The average molecular weight is 292 g/mol. The molecule has 0 unspecified atom stereocenters. The van der Waals surface area contributed by atoms with Crippen molar-refractivity contribution in [3.05, 3.63) is 11.4 Å². The third-order valence-corrected chi connectivity index (χ3v) is 4.30. The SMILES string of the molecule is CNc1nc(C(C)C)nc(NCC2(C)CCOCC2)c1C. The highest BCUT2D eigenvalue weighted by Crippen LogP contribution is 2.31. The van der Waals surface area contributed by atoms with Crippen LogP contribution >= 0.6 is 0 Å². The molecule has 0 saturated carbocycles. The topological polar surface area (TPSA) is 59.1 Å². The molecule has 21 heavy (non-hydrogen) atoms. The van der Waals surface area contributed by atoms with Gasteiger partial charge in [-0.2, -0.15) is 0 Å². The Bertz CT molecular complexity index is 481. The quantitative estimate of drug-likeness (QED) is 0.873. The van der Waals surface area contributed by atoms with E-state index in [0.29, 0.717) is 5.92 Å². The summed E-state index contributed by atoms with van der Waals surface area (Å²) in [5.74, 6) is 3.06. The summed E-state index contributed by atoms with van der Waals surface area (Å²) in [6.07, 6.45) is 2.19. The molecule has 1 aliphatic rings. The molecule has 118 valence electrons. The minimum atomic E-state index is 0.285. The highest BCUT2D eigenvalue weighted by molar-refractivity contribution is 5.57. The van der Waals surface area contributed by atoms with Crippen LogP contribution in [0.5, 0.6) is 0 Å². The number of nitrogens with one attached hydrogen (secondary N) is 2. The van der Waals surface area contributed by atoms with Gasteiger partial charge in [0, 0.05) is 38.3 Å². The van der Waals surface area contributed by atoms with Gasteiger partial charge in [0.1, 0.15) is 17.5 Å². The van der Waals surface area contributed by atoms with Crippen molar-refractivity contribution in [3.63, 3.8) is 0 Å². The zero-order chi connectivity index (χ0) is 15.5. The molecule has 1 saturated heterocycles. The first-order chi connectivity index (χ1) is 9.95. The molecule has 5 heteroatoms. The third kappa shape index (κ3) is 3.84. The van der Waals surface area contributed by atoms with Crippen LogP contribution in [-0.4, -0.2) is 36.8 Å². The highest BCUT2D eigenvalue weighted by atomic mass is 16.5. The normalized spacial score (nSPS) is 17.8. The van der Waals surface area contributed by atoms with Crippen LogP contribution in [0.2, 0.25) is 0 Å². The smallest absolute Gasteiger partial charge is 0.135 e. The molecule has 2 N–H and O–H groups in total. The molecule has 2 rings (SSSR count). The molecule has 0 aliphatic carbocycles. The molecule has 1 aromatic heterocycles. The predicted octanol–water partition coefficient (Wildman–Crippen LogP) is 3.18. The first-order valence-corrected chi connectivity index (χ1v) is 7.83. The van der Waals surface area contributed by atoms with Gasteiger partial charge in [-0.05, 0) is 25.2 Å². The van der Waals surface area contributed by atoms with Crippen LogP contribution in [0.3, 0.4) is 0 Å². The summed E-state index contributed by atoms with van der Waals surface area (Å²) in [6.45, 7) is 11.3. The van der Waals surface area contributed by atoms with Crippen molar-refractivity contribution >= 4 is 11.6 Å². The zero-order valence-corrected chi connectivity index (χ0v) is 13.9. The minimum Gasteiger partial charge on any atom is -0.381 e. The fraction of sp³-hybridized carbons (Fsp3) is 0.750. The molecule has 0 spiro atoms. The van der Waals surface area contributed by atoms with Gasteiger partial charge >= 0.3 is 0 Å². The van der Waals surface area contributed by atoms with Gasteiger partial charge in [0.25, 0.3) is 0 Å². The fourth-order valence-electron chi connectivity index (χ4n) is 2.55. The second-order valence-corrected chi connectivity index (χ2v) is 6.59. The second kappa shape index (κ2) is 6.60. The average Bonchev–Trinajstić information content (AvgIpc) is 2.46. The van der Waals surface area contributed by atoms with Crippen molar-refractivity contribution in [1.29, 1.82) is 0 Å². The lowest BCUT2D eigenvalue weighted by atomic mass is 9.82. The Hall–Kier alpha value is -1.36. The Morgan fingerprint density at radius 2 is 1.81 bits per heavy atom. The molecule has 0 amide bonds.